The van der Waals surface area contributed by atoms with Crippen LogP contribution in [0.15, 0.2) is 12.2 Å². The van der Waals surface area contributed by atoms with Gasteiger partial charge in [-0.3, -0.25) is 0 Å². The Balaban J connectivity index is 2.40. The molecule has 1 heterocycles. The first-order valence-electron chi connectivity index (χ1n) is 4.14. The van der Waals surface area contributed by atoms with Gasteiger partial charge in [0.15, 0.2) is 0 Å². The fourth-order valence-corrected chi connectivity index (χ4v) is 1.40. The Morgan fingerprint density at radius 2 is 2.30 bits per heavy atom. The zero-order valence-electron chi connectivity index (χ0n) is 6.98. The number of rotatable bonds is 2. The average Bonchev–Trinajstić information content (AvgIpc) is 2.36. The van der Waals surface area contributed by atoms with E-state index in [2.05, 4.69) is 25.7 Å². The molecular formula is C9H17N. The first kappa shape index (κ1) is 7.80. The fraction of sp³-hybridized carbons (Fsp3) is 0.778. The summed E-state index contributed by atoms with van der Waals surface area (Å²) in [5, 5.41) is 3.44. The van der Waals surface area contributed by atoms with Crippen molar-refractivity contribution >= 4 is 0 Å². The van der Waals surface area contributed by atoms with Crippen molar-refractivity contribution < 1.29 is 0 Å². The van der Waals surface area contributed by atoms with E-state index in [9.17, 15) is 0 Å². The van der Waals surface area contributed by atoms with Crippen LogP contribution in [-0.4, -0.2) is 12.6 Å². The zero-order chi connectivity index (χ0) is 7.56. The van der Waals surface area contributed by atoms with Crippen LogP contribution in [0.3, 0.4) is 0 Å². The quantitative estimate of drug-likeness (QED) is 0.577. The molecule has 10 heavy (non-hydrogen) atoms. The Kier molecular flexibility index (Phi) is 2.50. The van der Waals surface area contributed by atoms with Gasteiger partial charge in [0.2, 0.25) is 0 Å². The highest BCUT2D eigenvalue weighted by atomic mass is 14.9. The molecule has 0 aromatic carbocycles. The maximum absolute atomic E-state index is 4.07. The minimum Gasteiger partial charge on any atom is -0.310 e. The maximum Gasteiger partial charge on any atom is 0.0279 e. The Morgan fingerprint density at radius 3 is 2.70 bits per heavy atom. The lowest BCUT2D eigenvalue weighted by molar-refractivity contribution is 0.602. The van der Waals surface area contributed by atoms with Crippen LogP contribution < -0.4 is 5.32 Å². The second-order valence-corrected chi connectivity index (χ2v) is 3.38. The van der Waals surface area contributed by atoms with Gasteiger partial charge >= 0.3 is 0 Å². The molecule has 58 valence electrons. The SMILES string of the molecule is C=C(C(C)C)C1CCCN1. The lowest BCUT2D eigenvalue weighted by Crippen LogP contribution is -2.25. The van der Waals surface area contributed by atoms with Crippen molar-refractivity contribution in [3.63, 3.8) is 0 Å². The van der Waals surface area contributed by atoms with Crippen LogP contribution in [0.25, 0.3) is 0 Å². The third-order valence-corrected chi connectivity index (χ3v) is 2.25. The first-order chi connectivity index (χ1) is 4.72. The third kappa shape index (κ3) is 1.60. The molecule has 0 saturated carbocycles. The van der Waals surface area contributed by atoms with Crippen LogP contribution in [0.4, 0.5) is 0 Å². The van der Waals surface area contributed by atoms with Crippen molar-refractivity contribution in [3.05, 3.63) is 12.2 Å². The highest BCUT2D eigenvalue weighted by Crippen LogP contribution is 2.18. The molecule has 0 amide bonds. The Labute approximate surface area is 63.5 Å². The molecule has 1 unspecified atom stereocenters. The maximum atomic E-state index is 4.07. The standard InChI is InChI=1S/C9H17N/c1-7(2)8(3)9-5-4-6-10-9/h7,9-10H,3-6H2,1-2H3. The molecule has 1 fully saturated rings. The Morgan fingerprint density at radius 1 is 1.60 bits per heavy atom. The second-order valence-electron chi connectivity index (χ2n) is 3.38. The summed E-state index contributed by atoms with van der Waals surface area (Å²) in [7, 11) is 0. The predicted molar refractivity (Wildman–Crippen MR) is 45.0 cm³/mol. The lowest BCUT2D eigenvalue weighted by atomic mass is 9.97. The Hall–Kier alpha value is -0.300. The highest BCUT2D eigenvalue weighted by Gasteiger charge is 2.18. The van der Waals surface area contributed by atoms with Gasteiger partial charge in [-0.05, 0) is 25.3 Å². The molecule has 0 bridgehead atoms. The molecule has 0 aromatic rings. The average molecular weight is 139 g/mol. The van der Waals surface area contributed by atoms with Crippen molar-refractivity contribution in [3.8, 4) is 0 Å². The van der Waals surface area contributed by atoms with Gasteiger partial charge in [-0.15, -0.1) is 0 Å². The van der Waals surface area contributed by atoms with E-state index in [0.717, 1.165) is 0 Å². The van der Waals surface area contributed by atoms with Crippen molar-refractivity contribution in [1.82, 2.24) is 5.32 Å². The summed E-state index contributed by atoms with van der Waals surface area (Å²) >= 11 is 0. The van der Waals surface area contributed by atoms with E-state index in [0.29, 0.717) is 12.0 Å². The summed E-state index contributed by atoms with van der Waals surface area (Å²) in [6.07, 6.45) is 2.60. The highest BCUT2D eigenvalue weighted by molar-refractivity contribution is 5.09. The third-order valence-electron chi connectivity index (χ3n) is 2.25. The van der Waals surface area contributed by atoms with Crippen LogP contribution in [0.1, 0.15) is 26.7 Å². The van der Waals surface area contributed by atoms with Crippen LogP contribution in [0, 0.1) is 5.92 Å². The summed E-state index contributed by atoms with van der Waals surface area (Å²) in [4.78, 5) is 0. The summed E-state index contributed by atoms with van der Waals surface area (Å²) in [5.74, 6) is 0.635. The summed E-state index contributed by atoms with van der Waals surface area (Å²) in [6.45, 7) is 9.67. The van der Waals surface area contributed by atoms with Crippen LogP contribution in [0.5, 0.6) is 0 Å². The van der Waals surface area contributed by atoms with Crippen molar-refractivity contribution in [2.24, 2.45) is 5.92 Å². The van der Waals surface area contributed by atoms with E-state index in [4.69, 9.17) is 0 Å². The second kappa shape index (κ2) is 3.20. The molecule has 1 aliphatic heterocycles. The normalized spacial score (nSPS) is 25.7. The van der Waals surface area contributed by atoms with Gasteiger partial charge in [0.1, 0.15) is 0 Å². The molecular weight excluding hydrogens is 122 g/mol. The summed E-state index contributed by atoms with van der Waals surface area (Å²) in [6, 6.07) is 0.611. The molecule has 0 aliphatic carbocycles. The van der Waals surface area contributed by atoms with Crippen molar-refractivity contribution in [1.29, 1.82) is 0 Å². The molecule has 1 atom stereocenters. The van der Waals surface area contributed by atoms with Gasteiger partial charge in [0.25, 0.3) is 0 Å². The molecule has 1 rings (SSSR count). The van der Waals surface area contributed by atoms with Gasteiger partial charge < -0.3 is 5.32 Å². The van der Waals surface area contributed by atoms with Gasteiger partial charge in [0.05, 0.1) is 0 Å². The molecule has 0 radical (unpaired) electrons. The Bertz CT molecular complexity index is 121. The van der Waals surface area contributed by atoms with Crippen LogP contribution >= 0.6 is 0 Å². The monoisotopic (exact) mass is 139 g/mol. The molecule has 1 heteroatoms. The number of hydrogen-bond acceptors (Lipinski definition) is 1. The fourth-order valence-electron chi connectivity index (χ4n) is 1.40. The smallest absolute Gasteiger partial charge is 0.0279 e. The lowest BCUT2D eigenvalue weighted by Gasteiger charge is -2.16. The summed E-state index contributed by atoms with van der Waals surface area (Å²) in [5.41, 5.74) is 1.37. The van der Waals surface area contributed by atoms with Gasteiger partial charge in [0, 0.05) is 6.04 Å². The van der Waals surface area contributed by atoms with E-state index < -0.39 is 0 Å². The van der Waals surface area contributed by atoms with Crippen molar-refractivity contribution in [2.75, 3.05) is 6.54 Å². The van der Waals surface area contributed by atoms with E-state index in [1.165, 1.54) is 25.0 Å². The van der Waals surface area contributed by atoms with E-state index in [1.807, 2.05) is 0 Å². The van der Waals surface area contributed by atoms with Gasteiger partial charge in [-0.1, -0.05) is 26.0 Å². The van der Waals surface area contributed by atoms with Crippen LogP contribution in [-0.2, 0) is 0 Å². The van der Waals surface area contributed by atoms with E-state index in [1.54, 1.807) is 0 Å². The van der Waals surface area contributed by atoms with Gasteiger partial charge in [-0.2, -0.15) is 0 Å². The topological polar surface area (TPSA) is 12.0 Å². The van der Waals surface area contributed by atoms with E-state index >= 15 is 0 Å². The molecule has 1 saturated heterocycles. The number of nitrogens with one attached hydrogen (secondary N) is 1. The predicted octanol–water partition coefficient (Wildman–Crippen LogP) is 1.95. The molecule has 1 nitrogen and oxygen atoms in total. The van der Waals surface area contributed by atoms with E-state index in [-0.39, 0.29) is 0 Å². The van der Waals surface area contributed by atoms with Crippen molar-refractivity contribution in [2.45, 2.75) is 32.7 Å². The molecule has 1 N–H and O–H groups in total. The van der Waals surface area contributed by atoms with Gasteiger partial charge in [-0.25, -0.2) is 0 Å². The number of hydrogen-bond donors (Lipinski definition) is 1. The molecule has 0 spiro atoms. The largest absolute Gasteiger partial charge is 0.310 e. The molecule has 0 aromatic heterocycles. The minimum atomic E-state index is 0.611. The zero-order valence-corrected chi connectivity index (χ0v) is 6.98. The minimum absolute atomic E-state index is 0.611. The van der Waals surface area contributed by atoms with Crippen LogP contribution in [0.2, 0.25) is 0 Å². The summed E-state index contributed by atoms with van der Waals surface area (Å²) < 4.78 is 0. The molecule has 1 aliphatic rings. The first-order valence-corrected chi connectivity index (χ1v) is 4.14.